The predicted octanol–water partition coefficient (Wildman–Crippen LogP) is 2.70. The summed E-state index contributed by atoms with van der Waals surface area (Å²) in [6.07, 6.45) is 1.76. The molecule has 1 aromatic heterocycles. The van der Waals surface area contributed by atoms with Gasteiger partial charge in [-0.1, -0.05) is 12.1 Å². The number of aryl methyl sites for hydroxylation is 1. The summed E-state index contributed by atoms with van der Waals surface area (Å²) >= 11 is 0. The number of halogens is 1. The van der Waals surface area contributed by atoms with Crippen molar-refractivity contribution < 1.29 is 9.13 Å². The van der Waals surface area contributed by atoms with Gasteiger partial charge in [0.1, 0.15) is 6.61 Å². The van der Waals surface area contributed by atoms with Crippen LogP contribution in [0, 0.1) is 12.7 Å². The lowest BCUT2D eigenvalue weighted by molar-refractivity contribution is 0.298. The molecule has 1 heterocycles. The Morgan fingerprint density at radius 3 is 2.95 bits per heavy atom. The first-order valence-corrected chi connectivity index (χ1v) is 6.25. The van der Waals surface area contributed by atoms with Gasteiger partial charge in [0, 0.05) is 19.3 Å². The van der Waals surface area contributed by atoms with Crippen LogP contribution in [0.15, 0.2) is 42.6 Å². The summed E-state index contributed by atoms with van der Waals surface area (Å²) in [5.74, 6) is -0.0186. The molecule has 0 atom stereocenters. The van der Waals surface area contributed by atoms with Crippen molar-refractivity contribution in [3.05, 3.63) is 59.7 Å². The SMILES string of the molecule is Cc1ccc(F)c(OCCNCc2ccccn2)c1. The molecule has 0 unspecified atom stereocenters. The van der Waals surface area contributed by atoms with E-state index in [0.29, 0.717) is 25.4 Å². The first-order valence-electron chi connectivity index (χ1n) is 6.25. The summed E-state index contributed by atoms with van der Waals surface area (Å²) in [6.45, 7) is 3.66. The van der Waals surface area contributed by atoms with E-state index < -0.39 is 0 Å². The molecule has 4 heteroatoms. The number of nitrogens with one attached hydrogen (secondary N) is 1. The molecular formula is C15H17FN2O. The van der Waals surface area contributed by atoms with Crippen LogP contribution in [-0.4, -0.2) is 18.1 Å². The van der Waals surface area contributed by atoms with Crippen molar-refractivity contribution in [1.82, 2.24) is 10.3 Å². The lowest BCUT2D eigenvalue weighted by Gasteiger charge is -2.08. The van der Waals surface area contributed by atoms with Gasteiger partial charge in [0.2, 0.25) is 0 Å². The van der Waals surface area contributed by atoms with Crippen LogP contribution in [0.4, 0.5) is 4.39 Å². The van der Waals surface area contributed by atoms with Gasteiger partial charge in [0.25, 0.3) is 0 Å². The lowest BCUT2D eigenvalue weighted by Crippen LogP contribution is -2.21. The van der Waals surface area contributed by atoms with Gasteiger partial charge in [-0.2, -0.15) is 0 Å². The van der Waals surface area contributed by atoms with E-state index in [-0.39, 0.29) is 5.82 Å². The molecule has 0 saturated heterocycles. The minimum atomic E-state index is -0.324. The highest BCUT2D eigenvalue weighted by atomic mass is 19.1. The fraction of sp³-hybridized carbons (Fsp3) is 0.267. The van der Waals surface area contributed by atoms with Crippen molar-refractivity contribution in [2.24, 2.45) is 0 Å². The molecule has 0 aliphatic rings. The molecule has 1 N–H and O–H groups in total. The summed E-state index contributed by atoms with van der Waals surface area (Å²) in [7, 11) is 0. The Hall–Kier alpha value is -1.94. The molecule has 0 aliphatic heterocycles. The maximum atomic E-state index is 13.4. The van der Waals surface area contributed by atoms with E-state index in [0.717, 1.165) is 11.3 Å². The van der Waals surface area contributed by atoms with Crippen LogP contribution < -0.4 is 10.1 Å². The number of rotatable bonds is 6. The van der Waals surface area contributed by atoms with Gasteiger partial charge in [-0.15, -0.1) is 0 Å². The van der Waals surface area contributed by atoms with Crippen molar-refractivity contribution in [2.45, 2.75) is 13.5 Å². The molecule has 19 heavy (non-hydrogen) atoms. The van der Waals surface area contributed by atoms with E-state index in [2.05, 4.69) is 10.3 Å². The first kappa shape index (κ1) is 13.5. The highest BCUT2D eigenvalue weighted by Gasteiger charge is 2.02. The molecule has 0 fully saturated rings. The van der Waals surface area contributed by atoms with Crippen molar-refractivity contribution in [3.63, 3.8) is 0 Å². The molecule has 100 valence electrons. The highest BCUT2D eigenvalue weighted by Crippen LogP contribution is 2.17. The molecule has 0 aliphatic carbocycles. The van der Waals surface area contributed by atoms with Crippen LogP contribution >= 0.6 is 0 Å². The minimum absolute atomic E-state index is 0.305. The van der Waals surface area contributed by atoms with Crippen LogP contribution in [0.1, 0.15) is 11.3 Å². The number of hydrogen-bond donors (Lipinski definition) is 1. The second-order valence-corrected chi connectivity index (χ2v) is 4.28. The smallest absolute Gasteiger partial charge is 0.165 e. The third-order valence-electron chi connectivity index (χ3n) is 2.66. The topological polar surface area (TPSA) is 34.1 Å². The molecule has 0 bridgehead atoms. The molecule has 1 aromatic carbocycles. The molecule has 0 saturated carbocycles. The highest BCUT2D eigenvalue weighted by molar-refractivity contribution is 5.29. The van der Waals surface area contributed by atoms with Crippen molar-refractivity contribution in [1.29, 1.82) is 0 Å². The Bertz CT molecular complexity index is 517. The Balaban J connectivity index is 1.71. The van der Waals surface area contributed by atoms with Gasteiger partial charge in [-0.3, -0.25) is 4.98 Å². The second-order valence-electron chi connectivity index (χ2n) is 4.28. The normalized spacial score (nSPS) is 10.4. The Labute approximate surface area is 112 Å². The predicted molar refractivity (Wildman–Crippen MR) is 72.6 cm³/mol. The zero-order valence-corrected chi connectivity index (χ0v) is 10.9. The number of nitrogens with zero attached hydrogens (tertiary/aromatic N) is 1. The van der Waals surface area contributed by atoms with Crippen LogP contribution in [0.25, 0.3) is 0 Å². The van der Waals surface area contributed by atoms with E-state index in [1.165, 1.54) is 6.07 Å². The van der Waals surface area contributed by atoms with Crippen LogP contribution in [0.2, 0.25) is 0 Å². The van der Waals surface area contributed by atoms with E-state index >= 15 is 0 Å². The molecule has 0 spiro atoms. The third-order valence-corrected chi connectivity index (χ3v) is 2.66. The number of benzene rings is 1. The third kappa shape index (κ3) is 4.34. The van der Waals surface area contributed by atoms with Gasteiger partial charge < -0.3 is 10.1 Å². The molecule has 0 amide bonds. The zero-order valence-electron chi connectivity index (χ0n) is 10.9. The quantitative estimate of drug-likeness (QED) is 0.811. The summed E-state index contributed by atoms with van der Waals surface area (Å²) in [4.78, 5) is 4.20. The number of pyridine rings is 1. The van der Waals surface area contributed by atoms with E-state index in [1.807, 2.05) is 25.1 Å². The summed E-state index contributed by atoms with van der Waals surface area (Å²) < 4.78 is 18.8. The van der Waals surface area contributed by atoms with Crippen molar-refractivity contribution >= 4 is 0 Å². The first-order chi connectivity index (χ1) is 9.25. The Morgan fingerprint density at radius 1 is 1.26 bits per heavy atom. The van der Waals surface area contributed by atoms with E-state index in [4.69, 9.17) is 4.74 Å². The fourth-order valence-electron chi connectivity index (χ4n) is 1.67. The Morgan fingerprint density at radius 2 is 2.16 bits per heavy atom. The number of aromatic nitrogens is 1. The van der Waals surface area contributed by atoms with Crippen molar-refractivity contribution in [2.75, 3.05) is 13.2 Å². The monoisotopic (exact) mass is 260 g/mol. The van der Waals surface area contributed by atoms with Crippen molar-refractivity contribution in [3.8, 4) is 5.75 Å². The van der Waals surface area contributed by atoms with Gasteiger partial charge >= 0.3 is 0 Å². The minimum Gasteiger partial charge on any atom is -0.489 e. The van der Waals surface area contributed by atoms with Gasteiger partial charge in [-0.25, -0.2) is 4.39 Å². The molecule has 2 rings (SSSR count). The lowest BCUT2D eigenvalue weighted by atomic mass is 10.2. The summed E-state index contributed by atoms with van der Waals surface area (Å²) in [5.41, 5.74) is 1.96. The second kappa shape index (κ2) is 6.85. The Kier molecular flexibility index (Phi) is 4.86. The van der Waals surface area contributed by atoms with Crippen LogP contribution in [0.3, 0.4) is 0 Å². The van der Waals surface area contributed by atoms with Gasteiger partial charge in [0.05, 0.1) is 5.69 Å². The average Bonchev–Trinajstić information content (AvgIpc) is 2.43. The van der Waals surface area contributed by atoms with E-state index in [9.17, 15) is 4.39 Å². The average molecular weight is 260 g/mol. The van der Waals surface area contributed by atoms with Gasteiger partial charge in [-0.05, 0) is 36.8 Å². The summed E-state index contributed by atoms with van der Waals surface area (Å²) in [6, 6.07) is 10.6. The molecule has 2 aromatic rings. The molecule has 0 radical (unpaired) electrons. The number of ether oxygens (including phenoxy) is 1. The maximum Gasteiger partial charge on any atom is 0.165 e. The van der Waals surface area contributed by atoms with Crippen LogP contribution in [0.5, 0.6) is 5.75 Å². The van der Waals surface area contributed by atoms with E-state index in [1.54, 1.807) is 18.3 Å². The largest absolute Gasteiger partial charge is 0.489 e. The van der Waals surface area contributed by atoms with Crippen LogP contribution in [-0.2, 0) is 6.54 Å². The zero-order chi connectivity index (χ0) is 13.5. The molecule has 3 nitrogen and oxygen atoms in total. The summed E-state index contributed by atoms with van der Waals surface area (Å²) in [5, 5.41) is 3.20. The number of hydrogen-bond acceptors (Lipinski definition) is 3. The van der Waals surface area contributed by atoms with Gasteiger partial charge in [0.15, 0.2) is 11.6 Å². The fourth-order valence-corrected chi connectivity index (χ4v) is 1.67. The molecular weight excluding hydrogens is 243 g/mol. The standard InChI is InChI=1S/C15H17FN2O/c1-12-5-6-14(16)15(10-12)19-9-8-17-11-13-4-2-3-7-18-13/h2-7,10,17H,8-9,11H2,1H3. The maximum absolute atomic E-state index is 13.4.